The third-order valence-electron chi connectivity index (χ3n) is 17.3. The Hall–Kier alpha value is -6.34. The number of hydrogen-bond acceptors (Lipinski definition) is 5. The van der Waals surface area contributed by atoms with Crippen molar-refractivity contribution in [2.45, 2.75) is 103 Å². The van der Waals surface area contributed by atoms with Gasteiger partial charge in [0.25, 0.3) is 6.71 Å². The lowest BCUT2D eigenvalue weighted by Crippen LogP contribution is -2.62. The molecule has 2 unspecified atom stereocenters. The summed E-state index contributed by atoms with van der Waals surface area (Å²) in [6.45, 7) is 19.3. The standard InChI is InChI=1S/C64H58BN3S2/c1-61(2,3)39-26-30-51-48(34-39)65-49-35-40(62(4,5)6)27-31-52(49)67(53-23-17-20-46-44-19-10-14-25-57(44)70-60(46)53)55-37-42(68-50-22-12-11-21-47(50)63(7)32-15-16-33-64(63,68)8)36-54(59(55)65)66(51)41-28-29-45-43-18-9-13-24-56(43)69-58(45)38-41/h9-14,17-31,34-38H,15-16,32-33H2,1-8H3. The predicted octanol–water partition coefficient (Wildman–Crippen LogP) is 16.8. The number of anilines is 8. The van der Waals surface area contributed by atoms with E-state index in [0.29, 0.717) is 0 Å². The van der Waals surface area contributed by atoms with Gasteiger partial charge in [-0.15, -0.1) is 22.7 Å². The zero-order valence-corrected chi connectivity index (χ0v) is 43.2. The van der Waals surface area contributed by atoms with E-state index >= 15 is 0 Å². The molecule has 0 amide bonds. The van der Waals surface area contributed by atoms with E-state index in [1.54, 1.807) is 0 Å². The van der Waals surface area contributed by atoms with Crippen LogP contribution in [0.15, 0.2) is 158 Å². The van der Waals surface area contributed by atoms with Crippen molar-refractivity contribution in [1.82, 2.24) is 0 Å². The lowest BCUT2D eigenvalue weighted by atomic mass is 9.33. The van der Waals surface area contributed by atoms with E-state index in [4.69, 9.17) is 0 Å². The van der Waals surface area contributed by atoms with Crippen LogP contribution in [0.1, 0.15) is 97.8 Å². The number of thiophene rings is 2. The first kappa shape index (κ1) is 42.5. The molecule has 0 radical (unpaired) electrons. The van der Waals surface area contributed by atoms with Gasteiger partial charge in [0, 0.05) is 80.9 Å². The minimum absolute atomic E-state index is 0.00258. The molecule has 0 N–H and O–H groups in total. The molecule has 0 spiro atoms. The average molecular weight is 944 g/mol. The van der Waals surface area contributed by atoms with E-state index in [0.717, 1.165) is 6.42 Å². The molecule has 70 heavy (non-hydrogen) atoms. The minimum atomic E-state index is -0.116. The van der Waals surface area contributed by atoms with E-state index in [1.165, 1.54) is 138 Å². The SMILES string of the molecule is CC(C)(C)c1ccc2c(c1)B1c3cc(C(C)(C)C)ccc3N(c3cccc4c3sc3ccccc34)c3cc(N4c5ccccc5C5(C)CCCCC45C)cc(c31)N2c1ccc2c(c1)sc1ccccc12. The summed E-state index contributed by atoms with van der Waals surface area (Å²) < 4.78 is 5.29. The minimum Gasteiger partial charge on any atom is -0.334 e. The van der Waals surface area contributed by atoms with Crippen molar-refractivity contribution in [3.8, 4) is 0 Å². The fourth-order valence-corrected chi connectivity index (χ4v) is 15.8. The Morgan fingerprint density at radius 1 is 0.457 bits per heavy atom. The lowest BCUT2D eigenvalue weighted by molar-refractivity contribution is 0.195. The van der Waals surface area contributed by atoms with Gasteiger partial charge in [0.15, 0.2) is 0 Å². The fraction of sp³-hybridized carbons (Fsp3) is 0.250. The Labute approximate surface area is 421 Å². The number of fused-ring (bicyclic) bond motifs is 13. The van der Waals surface area contributed by atoms with Gasteiger partial charge >= 0.3 is 0 Å². The molecule has 1 saturated carbocycles. The highest BCUT2D eigenvalue weighted by molar-refractivity contribution is 7.26. The highest BCUT2D eigenvalue weighted by Gasteiger charge is 2.58. The lowest BCUT2D eigenvalue weighted by Gasteiger charge is -2.51. The van der Waals surface area contributed by atoms with E-state index in [2.05, 4.69) is 228 Å². The molecular weight excluding hydrogens is 886 g/mol. The summed E-state index contributed by atoms with van der Waals surface area (Å²) in [6.07, 6.45) is 4.81. The van der Waals surface area contributed by atoms with Gasteiger partial charge in [-0.05, 0) is 124 Å². The van der Waals surface area contributed by atoms with Gasteiger partial charge in [-0.1, -0.05) is 158 Å². The van der Waals surface area contributed by atoms with E-state index < -0.39 is 0 Å². The molecular formula is C64H58BN3S2. The van der Waals surface area contributed by atoms with Crippen molar-refractivity contribution >= 4 is 132 Å². The van der Waals surface area contributed by atoms with Crippen molar-refractivity contribution in [3.05, 3.63) is 174 Å². The molecule has 1 aliphatic carbocycles. The molecule has 14 rings (SSSR count). The predicted molar refractivity (Wildman–Crippen MR) is 306 cm³/mol. The zero-order chi connectivity index (χ0) is 47.6. The highest BCUT2D eigenvalue weighted by Crippen LogP contribution is 2.62. The van der Waals surface area contributed by atoms with Gasteiger partial charge < -0.3 is 14.7 Å². The molecule has 0 bridgehead atoms. The fourth-order valence-electron chi connectivity index (χ4n) is 13.5. The first-order valence-electron chi connectivity index (χ1n) is 25.5. The van der Waals surface area contributed by atoms with Crippen LogP contribution in [0.4, 0.5) is 45.5 Å². The van der Waals surface area contributed by atoms with E-state index in [1.807, 2.05) is 22.7 Å². The van der Waals surface area contributed by atoms with E-state index in [-0.39, 0.29) is 28.5 Å². The van der Waals surface area contributed by atoms with Crippen LogP contribution >= 0.6 is 22.7 Å². The number of para-hydroxylation sites is 1. The molecule has 2 aromatic heterocycles. The first-order valence-corrected chi connectivity index (χ1v) is 27.1. The first-order chi connectivity index (χ1) is 33.7. The largest absolute Gasteiger partial charge is 0.334 e. The third kappa shape index (κ3) is 5.81. The van der Waals surface area contributed by atoms with Gasteiger partial charge in [-0.25, -0.2) is 0 Å². The van der Waals surface area contributed by atoms with E-state index in [9.17, 15) is 0 Å². The molecule has 4 aliphatic rings. The molecule has 3 nitrogen and oxygen atoms in total. The Morgan fingerprint density at radius 3 is 1.74 bits per heavy atom. The number of rotatable bonds is 3. The molecule has 3 aliphatic heterocycles. The summed E-state index contributed by atoms with van der Waals surface area (Å²) in [5.74, 6) is 0. The van der Waals surface area contributed by atoms with Crippen LogP contribution in [0.2, 0.25) is 0 Å². The smallest absolute Gasteiger partial charge is 0.252 e. The molecule has 10 aromatic rings. The summed E-state index contributed by atoms with van der Waals surface area (Å²) in [6, 6.07) is 61.7. The van der Waals surface area contributed by atoms with Crippen molar-refractivity contribution in [1.29, 1.82) is 0 Å². The van der Waals surface area contributed by atoms with Crippen LogP contribution in [0.25, 0.3) is 40.3 Å². The van der Waals surface area contributed by atoms with Crippen LogP contribution in [0.3, 0.4) is 0 Å². The van der Waals surface area contributed by atoms with Crippen molar-refractivity contribution in [3.63, 3.8) is 0 Å². The van der Waals surface area contributed by atoms with Gasteiger partial charge in [-0.2, -0.15) is 0 Å². The van der Waals surface area contributed by atoms with Gasteiger partial charge in [-0.3, -0.25) is 0 Å². The summed E-state index contributed by atoms with van der Waals surface area (Å²) >= 11 is 3.84. The molecule has 344 valence electrons. The summed E-state index contributed by atoms with van der Waals surface area (Å²) in [5.41, 5.74) is 18.2. The Balaban J connectivity index is 1.13. The van der Waals surface area contributed by atoms with Crippen molar-refractivity contribution in [2.75, 3.05) is 14.7 Å². The second-order valence-corrected chi connectivity index (χ2v) is 25.4. The zero-order valence-electron chi connectivity index (χ0n) is 41.6. The van der Waals surface area contributed by atoms with Crippen molar-refractivity contribution < 1.29 is 0 Å². The maximum Gasteiger partial charge on any atom is 0.252 e. The molecule has 6 heteroatoms. The molecule has 0 saturated heterocycles. The topological polar surface area (TPSA) is 9.72 Å². The van der Waals surface area contributed by atoms with Crippen LogP contribution in [-0.4, -0.2) is 12.3 Å². The quantitative estimate of drug-likeness (QED) is 0.163. The Morgan fingerprint density at radius 2 is 1.03 bits per heavy atom. The Kier molecular flexibility index (Phi) is 8.88. The second kappa shape index (κ2) is 14.6. The summed E-state index contributed by atoms with van der Waals surface area (Å²) in [7, 11) is 0. The van der Waals surface area contributed by atoms with Gasteiger partial charge in [0.2, 0.25) is 0 Å². The monoisotopic (exact) mass is 943 g/mol. The van der Waals surface area contributed by atoms with Crippen LogP contribution in [-0.2, 0) is 16.2 Å². The second-order valence-electron chi connectivity index (χ2n) is 23.2. The third-order valence-corrected chi connectivity index (χ3v) is 19.6. The number of benzene rings is 8. The number of hydrogen-bond donors (Lipinski definition) is 0. The van der Waals surface area contributed by atoms with Crippen LogP contribution in [0.5, 0.6) is 0 Å². The molecule has 8 aromatic carbocycles. The number of nitrogens with zero attached hydrogens (tertiary/aromatic N) is 3. The van der Waals surface area contributed by atoms with Gasteiger partial charge in [0.1, 0.15) is 0 Å². The van der Waals surface area contributed by atoms with Crippen LogP contribution in [0, 0.1) is 0 Å². The molecule has 2 atom stereocenters. The highest BCUT2D eigenvalue weighted by atomic mass is 32.1. The normalized spacial score (nSPS) is 19.5. The molecule has 5 heterocycles. The molecule has 1 fully saturated rings. The average Bonchev–Trinajstić information content (AvgIpc) is 3.99. The summed E-state index contributed by atoms with van der Waals surface area (Å²) in [5, 5.41) is 5.29. The van der Waals surface area contributed by atoms with Crippen LogP contribution < -0.4 is 31.1 Å². The van der Waals surface area contributed by atoms with Crippen molar-refractivity contribution in [2.24, 2.45) is 0 Å². The van der Waals surface area contributed by atoms with Gasteiger partial charge in [0.05, 0.1) is 15.9 Å². The maximum atomic E-state index is 2.80. The Bertz CT molecular complexity index is 3850. The maximum absolute atomic E-state index is 2.80. The summed E-state index contributed by atoms with van der Waals surface area (Å²) in [4.78, 5) is 8.15.